The van der Waals surface area contributed by atoms with E-state index in [9.17, 15) is 13.6 Å². The van der Waals surface area contributed by atoms with Crippen LogP contribution >= 0.6 is 0 Å². The molecular formula is C13H17F2NO2. The van der Waals surface area contributed by atoms with Gasteiger partial charge in [-0.05, 0) is 18.1 Å². The molecule has 3 nitrogen and oxygen atoms in total. The number of hydrogen-bond donors (Lipinski definition) is 1. The molecule has 0 heterocycles. The number of carbonyl (C=O) groups is 1. The smallest absolute Gasteiger partial charge is 0.323 e. The number of benzene rings is 1. The molecule has 1 aromatic carbocycles. The first-order valence-electron chi connectivity index (χ1n) is 5.71. The highest BCUT2D eigenvalue weighted by Gasteiger charge is 2.23. The van der Waals surface area contributed by atoms with Crippen LogP contribution in [0, 0.1) is 17.6 Å². The average molecular weight is 257 g/mol. The van der Waals surface area contributed by atoms with E-state index in [0.717, 1.165) is 0 Å². The van der Waals surface area contributed by atoms with Crippen LogP contribution in [0.2, 0.25) is 0 Å². The van der Waals surface area contributed by atoms with Crippen LogP contribution in [0.25, 0.3) is 0 Å². The second-order valence-corrected chi connectivity index (χ2v) is 4.33. The maximum Gasteiger partial charge on any atom is 0.323 e. The molecule has 1 aromatic rings. The van der Waals surface area contributed by atoms with Crippen LogP contribution in [-0.2, 0) is 16.1 Å². The molecule has 0 aliphatic carbocycles. The van der Waals surface area contributed by atoms with Crippen molar-refractivity contribution in [3.63, 3.8) is 0 Å². The lowest BCUT2D eigenvalue weighted by Crippen LogP contribution is -2.41. The molecule has 0 unspecified atom stereocenters. The van der Waals surface area contributed by atoms with Gasteiger partial charge in [0.25, 0.3) is 0 Å². The fourth-order valence-electron chi connectivity index (χ4n) is 1.63. The van der Waals surface area contributed by atoms with Gasteiger partial charge in [-0.2, -0.15) is 0 Å². The van der Waals surface area contributed by atoms with Crippen LogP contribution in [0.1, 0.15) is 19.4 Å². The van der Waals surface area contributed by atoms with E-state index in [0.29, 0.717) is 0 Å². The van der Waals surface area contributed by atoms with Crippen molar-refractivity contribution in [1.29, 1.82) is 0 Å². The fraction of sp³-hybridized carbons (Fsp3) is 0.462. The average Bonchev–Trinajstić information content (AvgIpc) is 2.31. The minimum atomic E-state index is -0.630. The number of rotatable bonds is 5. The van der Waals surface area contributed by atoms with Crippen LogP contribution in [0.15, 0.2) is 18.2 Å². The van der Waals surface area contributed by atoms with Gasteiger partial charge >= 0.3 is 5.97 Å². The van der Waals surface area contributed by atoms with E-state index in [4.69, 9.17) is 0 Å². The molecule has 0 spiro atoms. The summed E-state index contributed by atoms with van der Waals surface area (Å²) in [6, 6.07) is 3.08. The minimum absolute atomic E-state index is 0.0349. The lowest BCUT2D eigenvalue weighted by molar-refractivity contribution is -0.144. The Morgan fingerprint density at radius 3 is 2.33 bits per heavy atom. The third kappa shape index (κ3) is 3.50. The third-order valence-corrected chi connectivity index (χ3v) is 2.68. The van der Waals surface area contributed by atoms with E-state index in [1.165, 1.54) is 25.3 Å². The van der Waals surface area contributed by atoms with Gasteiger partial charge in [-0.3, -0.25) is 10.1 Å². The summed E-state index contributed by atoms with van der Waals surface area (Å²) in [6.07, 6.45) is 0. The van der Waals surface area contributed by atoms with Crippen molar-refractivity contribution in [3.05, 3.63) is 35.4 Å². The summed E-state index contributed by atoms with van der Waals surface area (Å²) >= 11 is 0. The van der Waals surface area contributed by atoms with Gasteiger partial charge in [0.2, 0.25) is 0 Å². The van der Waals surface area contributed by atoms with Crippen molar-refractivity contribution < 1.29 is 18.3 Å². The molecule has 1 N–H and O–H groups in total. The Morgan fingerprint density at radius 1 is 1.33 bits per heavy atom. The summed E-state index contributed by atoms with van der Waals surface area (Å²) < 4.78 is 31.4. The number of hydrogen-bond acceptors (Lipinski definition) is 3. The van der Waals surface area contributed by atoms with Crippen LogP contribution < -0.4 is 5.32 Å². The molecule has 0 saturated carbocycles. The maximum absolute atomic E-state index is 13.4. The largest absolute Gasteiger partial charge is 0.468 e. The molecule has 0 saturated heterocycles. The summed E-state index contributed by atoms with van der Waals surface area (Å²) in [6.45, 7) is 3.59. The third-order valence-electron chi connectivity index (χ3n) is 2.68. The molecular weight excluding hydrogens is 240 g/mol. The molecule has 5 heteroatoms. The number of carbonyl (C=O) groups excluding carboxylic acids is 1. The van der Waals surface area contributed by atoms with Gasteiger partial charge in [-0.25, -0.2) is 8.78 Å². The Hall–Kier alpha value is -1.49. The highest BCUT2D eigenvalue weighted by atomic mass is 19.1. The number of esters is 1. The van der Waals surface area contributed by atoms with E-state index in [1.54, 1.807) is 0 Å². The highest BCUT2D eigenvalue weighted by Crippen LogP contribution is 2.13. The number of ether oxygens (including phenoxy) is 1. The number of nitrogens with one attached hydrogen (secondary N) is 1. The van der Waals surface area contributed by atoms with Gasteiger partial charge in [0.1, 0.15) is 17.7 Å². The van der Waals surface area contributed by atoms with E-state index in [2.05, 4.69) is 10.1 Å². The van der Waals surface area contributed by atoms with Crippen LogP contribution in [-0.4, -0.2) is 19.1 Å². The first kappa shape index (κ1) is 14.6. The van der Waals surface area contributed by atoms with Gasteiger partial charge < -0.3 is 4.74 Å². The van der Waals surface area contributed by atoms with Crippen molar-refractivity contribution in [1.82, 2.24) is 5.32 Å². The number of methoxy groups -OCH3 is 1. The zero-order valence-corrected chi connectivity index (χ0v) is 10.7. The Kier molecular flexibility index (Phi) is 5.22. The predicted octanol–water partition coefficient (Wildman–Crippen LogP) is 2.25. The first-order chi connectivity index (χ1) is 8.47. The predicted molar refractivity (Wildman–Crippen MR) is 63.8 cm³/mol. The van der Waals surface area contributed by atoms with Crippen LogP contribution in [0.4, 0.5) is 8.78 Å². The molecule has 0 amide bonds. The van der Waals surface area contributed by atoms with Crippen molar-refractivity contribution in [2.45, 2.75) is 26.4 Å². The number of halogens is 2. The first-order valence-corrected chi connectivity index (χ1v) is 5.71. The summed E-state index contributed by atoms with van der Waals surface area (Å²) in [7, 11) is 1.28. The zero-order valence-electron chi connectivity index (χ0n) is 10.7. The molecule has 18 heavy (non-hydrogen) atoms. The van der Waals surface area contributed by atoms with Gasteiger partial charge in [0.15, 0.2) is 0 Å². The Balaban J connectivity index is 2.76. The summed E-state index contributed by atoms with van der Waals surface area (Å²) in [4.78, 5) is 11.5. The van der Waals surface area contributed by atoms with Gasteiger partial charge in [-0.1, -0.05) is 19.9 Å². The molecule has 0 aromatic heterocycles. The Bertz CT molecular complexity index is 401. The SMILES string of the molecule is COC(=O)[C@H](NCc1c(F)cccc1F)C(C)C. The van der Waals surface area contributed by atoms with Gasteiger partial charge in [0.05, 0.1) is 7.11 Å². The second-order valence-electron chi connectivity index (χ2n) is 4.33. The van der Waals surface area contributed by atoms with E-state index < -0.39 is 23.6 Å². The molecule has 100 valence electrons. The Morgan fingerprint density at radius 2 is 1.89 bits per heavy atom. The molecule has 1 rings (SSSR count). The van der Waals surface area contributed by atoms with Crippen molar-refractivity contribution in [3.8, 4) is 0 Å². The lowest BCUT2D eigenvalue weighted by atomic mass is 10.0. The quantitative estimate of drug-likeness (QED) is 0.822. The van der Waals surface area contributed by atoms with E-state index in [1.807, 2.05) is 13.8 Å². The normalized spacial score (nSPS) is 12.6. The lowest BCUT2D eigenvalue weighted by Gasteiger charge is -2.20. The summed E-state index contributed by atoms with van der Waals surface area (Å²) in [5.74, 6) is -1.74. The standard InChI is InChI=1S/C13H17F2NO2/c1-8(2)12(13(17)18-3)16-7-9-10(14)5-4-6-11(9)15/h4-6,8,12,16H,7H2,1-3H3/t12-/m1/s1. The van der Waals surface area contributed by atoms with Crippen molar-refractivity contribution in [2.24, 2.45) is 5.92 Å². The molecule has 0 fully saturated rings. The fourth-order valence-corrected chi connectivity index (χ4v) is 1.63. The zero-order chi connectivity index (χ0) is 13.7. The molecule has 0 radical (unpaired) electrons. The van der Waals surface area contributed by atoms with Crippen LogP contribution in [0.5, 0.6) is 0 Å². The topological polar surface area (TPSA) is 38.3 Å². The summed E-state index contributed by atoms with van der Waals surface area (Å²) in [5.41, 5.74) is -0.0768. The van der Waals surface area contributed by atoms with Crippen molar-refractivity contribution in [2.75, 3.05) is 7.11 Å². The van der Waals surface area contributed by atoms with Crippen LogP contribution in [0.3, 0.4) is 0 Å². The van der Waals surface area contributed by atoms with E-state index >= 15 is 0 Å². The van der Waals surface area contributed by atoms with E-state index in [-0.39, 0.29) is 18.0 Å². The monoisotopic (exact) mass is 257 g/mol. The second kappa shape index (κ2) is 6.44. The highest BCUT2D eigenvalue weighted by molar-refractivity contribution is 5.75. The Labute approximate surface area is 105 Å². The summed E-state index contributed by atoms with van der Waals surface area (Å²) in [5, 5.41) is 2.81. The molecule has 1 atom stereocenters. The molecule has 0 aliphatic heterocycles. The molecule has 0 bridgehead atoms. The minimum Gasteiger partial charge on any atom is -0.468 e. The molecule has 0 aliphatic rings. The van der Waals surface area contributed by atoms with Gasteiger partial charge in [-0.15, -0.1) is 0 Å². The van der Waals surface area contributed by atoms with Gasteiger partial charge in [0, 0.05) is 12.1 Å². The maximum atomic E-state index is 13.4. The van der Waals surface area contributed by atoms with Crippen molar-refractivity contribution >= 4 is 5.97 Å².